The number of rotatable bonds is 8. The van der Waals surface area contributed by atoms with Crippen LogP contribution in [-0.2, 0) is 6.54 Å². The maximum atomic E-state index is 5.44. The molecule has 5 heteroatoms. The summed E-state index contributed by atoms with van der Waals surface area (Å²) >= 11 is 1.85. The first-order valence-electron chi connectivity index (χ1n) is 6.19. The Morgan fingerprint density at radius 2 is 1.79 bits per heavy atom. The van der Waals surface area contributed by atoms with Gasteiger partial charge in [0.2, 0.25) is 5.75 Å². The summed E-state index contributed by atoms with van der Waals surface area (Å²) in [6.45, 7) is 3.90. The van der Waals surface area contributed by atoms with E-state index >= 15 is 0 Å². The van der Waals surface area contributed by atoms with E-state index in [9.17, 15) is 0 Å². The fourth-order valence-electron chi connectivity index (χ4n) is 1.80. The van der Waals surface area contributed by atoms with Gasteiger partial charge < -0.3 is 19.5 Å². The minimum Gasteiger partial charge on any atom is -0.493 e. The van der Waals surface area contributed by atoms with Gasteiger partial charge in [0.1, 0.15) is 0 Å². The average Bonchev–Trinajstić information content (AvgIpc) is 2.45. The third-order valence-electron chi connectivity index (χ3n) is 2.94. The zero-order valence-electron chi connectivity index (χ0n) is 12.3. The van der Waals surface area contributed by atoms with Crippen molar-refractivity contribution in [3.05, 3.63) is 17.7 Å². The first-order chi connectivity index (χ1) is 9.17. The Labute approximate surface area is 119 Å². The summed E-state index contributed by atoms with van der Waals surface area (Å²) in [6, 6.07) is 3.90. The summed E-state index contributed by atoms with van der Waals surface area (Å²) in [6.07, 6.45) is 2.11. The van der Waals surface area contributed by atoms with Crippen LogP contribution in [0.1, 0.15) is 12.5 Å². The lowest BCUT2D eigenvalue weighted by Gasteiger charge is -2.16. The highest BCUT2D eigenvalue weighted by Crippen LogP contribution is 2.39. The van der Waals surface area contributed by atoms with Crippen LogP contribution < -0.4 is 19.5 Å². The van der Waals surface area contributed by atoms with E-state index in [2.05, 4.69) is 18.5 Å². The Morgan fingerprint density at radius 3 is 2.32 bits per heavy atom. The number of methoxy groups -OCH3 is 3. The highest BCUT2D eigenvalue weighted by atomic mass is 32.2. The molecule has 0 saturated carbocycles. The smallest absolute Gasteiger partial charge is 0.203 e. The number of ether oxygens (including phenoxy) is 3. The number of hydrogen-bond donors (Lipinski definition) is 1. The molecule has 19 heavy (non-hydrogen) atoms. The van der Waals surface area contributed by atoms with Crippen LogP contribution in [0.2, 0.25) is 0 Å². The van der Waals surface area contributed by atoms with Gasteiger partial charge in [-0.3, -0.25) is 0 Å². The Hall–Kier alpha value is -1.07. The van der Waals surface area contributed by atoms with Crippen molar-refractivity contribution in [1.82, 2.24) is 5.32 Å². The van der Waals surface area contributed by atoms with Gasteiger partial charge in [0.15, 0.2) is 11.5 Å². The third kappa shape index (κ3) is 4.21. The topological polar surface area (TPSA) is 39.7 Å². The van der Waals surface area contributed by atoms with Gasteiger partial charge in [-0.15, -0.1) is 0 Å². The van der Waals surface area contributed by atoms with E-state index in [-0.39, 0.29) is 0 Å². The lowest BCUT2D eigenvalue weighted by molar-refractivity contribution is 0.321. The molecule has 0 aliphatic rings. The van der Waals surface area contributed by atoms with Crippen LogP contribution in [0.5, 0.6) is 17.2 Å². The van der Waals surface area contributed by atoms with Crippen molar-refractivity contribution in [2.75, 3.05) is 34.1 Å². The molecular weight excluding hydrogens is 262 g/mol. The SMILES string of the molecule is COc1ccc(CNCC(C)SC)c(OC)c1OC. The van der Waals surface area contributed by atoms with Crippen LogP contribution >= 0.6 is 11.8 Å². The molecule has 0 aromatic heterocycles. The second-order valence-electron chi connectivity index (χ2n) is 4.17. The van der Waals surface area contributed by atoms with Crippen LogP contribution in [-0.4, -0.2) is 39.4 Å². The number of benzene rings is 1. The van der Waals surface area contributed by atoms with Gasteiger partial charge in [-0.25, -0.2) is 0 Å². The molecule has 0 spiro atoms. The van der Waals surface area contributed by atoms with Crippen LogP contribution in [0.25, 0.3) is 0 Å². The zero-order chi connectivity index (χ0) is 14.3. The predicted molar refractivity (Wildman–Crippen MR) is 80.8 cm³/mol. The summed E-state index contributed by atoms with van der Waals surface area (Å²) in [4.78, 5) is 0. The number of hydrogen-bond acceptors (Lipinski definition) is 5. The molecule has 4 nitrogen and oxygen atoms in total. The lowest BCUT2D eigenvalue weighted by atomic mass is 10.1. The van der Waals surface area contributed by atoms with Gasteiger partial charge >= 0.3 is 0 Å². The molecule has 0 aliphatic heterocycles. The van der Waals surface area contributed by atoms with Crippen molar-refractivity contribution in [2.24, 2.45) is 0 Å². The van der Waals surface area contributed by atoms with Crippen molar-refractivity contribution in [3.8, 4) is 17.2 Å². The molecule has 1 rings (SSSR count). The molecule has 1 unspecified atom stereocenters. The van der Waals surface area contributed by atoms with Crippen molar-refractivity contribution in [1.29, 1.82) is 0 Å². The summed E-state index contributed by atoms with van der Waals surface area (Å²) in [5.41, 5.74) is 1.06. The average molecular weight is 285 g/mol. The largest absolute Gasteiger partial charge is 0.493 e. The van der Waals surface area contributed by atoms with Gasteiger partial charge in [0.25, 0.3) is 0 Å². The van der Waals surface area contributed by atoms with Crippen LogP contribution in [0.15, 0.2) is 12.1 Å². The van der Waals surface area contributed by atoms with E-state index in [4.69, 9.17) is 14.2 Å². The molecule has 0 heterocycles. The quantitative estimate of drug-likeness (QED) is 0.795. The molecular formula is C14H23NO3S. The third-order valence-corrected chi connectivity index (χ3v) is 3.91. The van der Waals surface area contributed by atoms with Gasteiger partial charge in [0, 0.05) is 23.9 Å². The molecule has 0 fully saturated rings. The van der Waals surface area contributed by atoms with Gasteiger partial charge in [0.05, 0.1) is 21.3 Å². The van der Waals surface area contributed by atoms with Gasteiger partial charge in [-0.1, -0.05) is 13.0 Å². The van der Waals surface area contributed by atoms with Gasteiger partial charge in [-0.2, -0.15) is 11.8 Å². The van der Waals surface area contributed by atoms with Crippen molar-refractivity contribution in [3.63, 3.8) is 0 Å². The fourth-order valence-corrected chi connectivity index (χ4v) is 2.08. The Bertz CT molecular complexity index is 399. The number of thioether (sulfide) groups is 1. The predicted octanol–water partition coefficient (Wildman–Crippen LogP) is 2.55. The number of nitrogens with one attached hydrogen (secondary N) is 1. The minimum absolute atomic E-state index is 0.589. The fraction of sp³-hybridized carbons (Fsp3) is 0.571. The normalized spacial score (nSPS) is 12.1. The Morgan fingerprint density at radius 1 is 1.11 bits per heavy atom. The van der Waals surface area contributed by atoms with E-state index in [0.29, 0.717) is 16.7 Å². The summed E-state index contributed by atoms with van der Waals surface area (Å²) < 4.78 is 16.1. The summed E-state index contributed by atoms with van der Waals surface area (Å²) in [5, 5.41) is 4.01. The molecule has 108 valence electrons. The van der Waals surface area contributed by atoms with Gasteiger partial charge in [-0.05, 0) is 12.3 Å². The molecule has 1 aromatic rings. The molecule has 0 bridgehead atoms. The molecule has 0 amide bonds. The van der Waals surface area contributed by atoms with E-state index in [1.165, 1.54) is 0 Å². The van der Waals surface area contributed by atoms with Crippen molar-refractivity contribution < 1.29 is 14.2 Å². The molecule has 1 N–H and O–H groups in total. The lowest BCUT2D eigenvalue weighted by Crippen LogP contribution is -2.22. The molecule has 1 atom stereocenters. The van der Waals surface area contributed by atoms with E-state index in [0.717, 1.165) is 24.4 Å². The second kappa shape index (κ2) is 8.17. The highest BCUT2D eigenvalue weighted by molar-refractivity contribution is 7.99. The van der Waals surface area contributed by atoms with Crippen LogP contribution in [0.4, 0.5) is 0 Å². The second-order valence-corrected chi connectivity index (χ2v) is 5.45. The molecule has 0 saturated heterocycles. The van der Waals surface area contributed by atoms with Crippen molar-refractivity contribution >= 4 is 11.8 Å². The van der Waals surface area contributed by atoms with Crippen LogP contribution in [0.3, 0.4) is 0 Å². The molecule has 0 radical (unpaired) electrons. The summed E-state index contributed by atoms with van der Waals surface area (Å²) in [7, 11) is 4.88. The van der Waals surface area contributed by atoms with E-state index in [1.807, 2.05) is 23.9 Å². The Kier molecular flexibility index (Phi) is 6.87. The molecule has 1 aromatic carbocycles. The standard InChI is InChI=1S/C14H23NO3S/c1-10(19-5)8-15-9-11-6-7-12(16-2)14(18-4)13(11)17-3/h6-7,10,15H,8-9H2,1-5H3. The minimum atomic E-state index is 0.589. The first kappa shape index (κ1) is 16.0. The van der Waals surface area contributed by atoms with Crippen LogP contribution in [0, 0.1) is 0 Å². The first-order valence-corrected chi connectivity index (χ1v) is 7.48. The van der Waals surface area contributed by atoms with E-state index < -0.39 is 0 Å². The molecule has 0 aliphatic carbocycles. The maximum Gasteiger partial charge on any atom is 0.203 e. The maximum absolute atomic E-state index is 5.44. The highest BCUT2D eigenvalue weighted by Gasteiger charge is 2.15. The van der Waals surface area contributed by atoms with E-state index in [1.54, 1.807) is 21.3 Å². The Balaban J connectivity index is 2.83. The zero-order valence-corrected chi connectivity index (χ0v) is 13.1. The summed E-state index contributed by atoms with van der Waals surface area (Å²) in [5.74, 6) is 2.05. The van der Waals surface area contributed by atoms with Crippen molar-refractivity contribution in [2.45, 2.75) is 18.7 Å². The monoisotopic (exact) mass is 285 g/mol.